The van der Waals surface area contributed by atoms with Crippen molar-refractivity contribution in [2.24, 2.45) is 0 Å². The molecule has 1 aromatic heterocycles. The van der Waals surface area contributed by atoms with Crippen molar-refractivity contribution in [3.63, 3.8) is 0 Å². The molecule has 0 aliphatic carbocycles. The van der Waals surface area contributed by atoms with E-state index in [0.717, 1.165) is 15.2 Å². The summed E-state index contributed by atoms with van der Waals surface area (Å²) in [6.45, 7) is 0. The van der Waals surface area contributed by atoms with Crippen LogP contribution in [0.4, 0.5) is 11.6 Å². The highest BCUT2D eigenvalue weighted by Gasteiger charge is 2.08. The maximum Gasteiger partial charge on any atom is 0.153 e. The summed E-state index contributed by atoms with van der Waals surface area (Å²) < 4.78 is 8.05. The van der Waals surface area contributed by atoms with Gasteiger partial charge in [-0.1, -0.05) is 0 Å². The highest BCUT2D eigenvalue weighted by Crippen LogP contribution is 2.24. The highest BCUT2D eigenvalue weighted by atomic mass is 127. The monoisotopic (exact) mass is 404 g/mol. The lowest BCUT2D eigenvalue weighted by molar-refractivity contribution is 1.03. The lowest BCUT2D eigenvalue weighted by atomic mass is 10.5. The predicted octanol–water partition coefficient (Wildman–Crippen LogP) is 1.88. The van der Waals surface area contributed by atoms with Gasteiger partial charge in [0.15, 0.2) is 5.82 Å². The minimum atomic E-state index is -0.234. The second kappa shape index (κ2) is 5.03. The van der Waals surface area contributed by atoms with Gasteiger partial charge in [0, 0.05) is 14.1 Å². The largest absolute Gasteiger partial charge is 0.362 e. The Morgan fingerprint density at radius 2 is 2.23 bits per heavy atom. The Morgan fingerprint density at radius 1 is 1.54 bits per heavy atom. The molecule has 1 N–H and O–H groups in total. The van der Waals surface area contributed by atoms with Gasteiger partial charge in [-0.05, 0) is 48.1 Å². The molecule has 0 bridgehead atoms. The van der Waals surface area contributed by atoms with Gasteiger partial charge in [0.05, 0.1) is 3.57 Å². The minimum absolute atomic E-state index is 0.234. The fourth-order valence-corrected chi connectivity index (χ4v) is 2.98. The lowest BCUT2D eigenvalue weighted by Gasteiger charge is -2.14. The third-order valence-electron chi connectivity index (χ3n) is 1.35. The third kappa shape index (κ3) is 2.73. The van der Waals surface area contributed by atoms with E-state index in [-0.39, 0.29) is 21.0 Å². The zero-order valence-electron chi connectivity index (χ0n) is 7.38. The smallest absolute Gasteiger partial charge is 0.153 e. The van der Waals surface area contributed by atoms with Gasteiger partial charge in [0.2, 0.25) is 0 Å². The number of rotatable bonds is 3. The fourth-order valence-electron chi connectivity index (χ4n) is 0.801. The van der Waals surface area contributed by atoms with Crippen molar-refractivity contribution >= 4 is 59.7 Å². The normalized spacial score (nSPS) is 9.77. The molecule has 0 aliphatic rings. The zero-order chi connectivity index (χ0) is 9.84. The maximum absolute atomic E-state index is 4.18. The van der Waals surface area contributed by atoms with E-state index in [2.05, 4.69) is 40.6 Å². The number of hydrogen-bond acceptors (Lipinski definition) is 4. The Labute approximate surface area is 101 Å². The Bertz CT molecular complexity index is 313. The average Bonchev–Trinajstić information content (AvgIpc) is 2.08. The Kier molecular flexibility index (Phi) is 4.29. The molecule has 13 heavy (non-hydrogen) atoms. The summed E-state index contributed by atoms with van der Waals surface area (Å²) in [6.07, 6.45) is 1.57. The van der Waals surface area contributed by atoms with E-state index in [1.807, 2.05) is 19.0 Å². The summed E-state index contributed by atoms with van der Waals surface area (Å²) >= 11 is 2.01. The molecule has 0 radical (unpaired) electrons. The van der Waals surface area contributed by atoms with Crippen LogP contribution in [-0.4, -0.2) is 28.6 Å². The molecule has 1 aromatic rings. The number of aromatic nitrogens is 2. The quantitative estimate of drug-likeness (QED) is 0.618. The van der Waals surface area contributed by atoms with E-state index in [0.29, 0.717) is 0 Å². The second-order valence-electron chi connectivity index (χ2n) is 2.48. The highest BCUT2D eigenvalue weighted by molar-refractivity contribution is 14.2. The van der Waals surface area contributed by atoms with E-state index in [1.165, 1.54) is 0 Å². The maximum atomic E-state index is 4.18. The van der Waals surface area contributed by atoms with Crippen molar-refractivity contribution in [1.82, 2.24) is 9.97 Å². The minimum Gasteiger partial charge on any atom is -0.362 e. The van der Waals surface area contributed by atoms with E-state index in [1.54, 1.807) is 6.33 Å². The van der Waals surface area contributed by atoms with Crippen molar-refractivity contribution in [3.05, 3.63) is 9.90 Å². The van der Waals surface area contributed by atoms with Gasteiger partial charge in [0.25, 0.3) is 0 Å². The second-order valence-corrected chi connectivity index (χ2v) is 4.86. The molecule has 0 atom stereocenters. The van der Waals surface area contributed by atoms with Crippen molar-refractivity contribution < 1.29 is 0 Å². The topological polar surface area (TPSA) is 41.1 Å². The van der Waals surface area contributed by atoms with Crippen molar-refractivity contribution in [1.29, 1.82) is 0 Å². The zero-order valence-corrected chi connectivity index (χ0v) is 11.7. The van der Waals surface area contributed by atoms with Crippen LogP contribution in [0.25, 0.3) is 0 Å². The van der Waals surface area contributed by atoms with Crippen LogP contribution in [0.5, 0.6) is 0 Å². The SMILES string of the molecule is C=INc1ncnc(N(C)C)c1I. The van der Waals surface area contributed by atoms with Gasteiger partial charge >= 0.3 is 0 Å². The molecule has 72 valence electrons. The van der Waals surface area contributed by atoms with E-state index in [9.17, 15) is 0 Å². The summed E-state index contributed by atoms with van der Waals surface area (Å²) in [4.78, 5) is 10.3. The molecule has 0 spiro atoms. The summed E-state index contributed by atoms with van der Waals surface area (Å²) in [5.41, 5.74) is 0. The van der Waals surface area contributed by atoms with Crippen LogP contribution in [0, 0.1) is 3.57 Å². The van der Waals surface area contributed by atoms with Crippen LogP contribution in [-0.2, 0) is 0 Å². The van der Waals surface area contributed by atoms with Gasteiger partial charge in [-0.15, -0.1) is 0 Å². The van der Waals surface area contributed by atoms with E-state index >= 15 is 0 Å². The molecule has 4 nitrogen and oxygen atoms in total. The summed E-state index contributed by atoms with van der Waals surface area (Å²) in [5.74, 6) is 1.83. The standard InChI is InChI=1S/C7H10I2N4/c1-9-12-6-5(8)7(13(2)3)11-4-10-6/h4H,1H2,2-3H3,(H,10,11,12). The van der Waals surface area contributed by atoms with Crippen molar-refractivity contribution in [3.8, 4) is 0 Å². The van der Waals surface area contributed by atoms with Crippen LogP contribution in [0.15, 0.2) is 6.33 Å². The number of halogens is 2. The molecule has 0 aliphatic heterocycles. The fraction of sp³-hybridized carbons (Fsp3) is 0.286. The summed E-state index contributed by atoms with van der Waals surface area (Å²) in [5, 5.41) is 0. The van der Waals surface area contributed by atoms with Crippen LogP contribution in [0.3, 0.4) is 0 Å². The van der Waals surface area contributed by atoms with Crippen LogP contribution < -0.4 is 8.43 Å². The molecular weight excluding hydrogens is 394 g/mol. The number of nitrogens with one attached hydrogen (secondary N) is 1. The van der Waals surface area contributed by atoms with Gasteiger partial charge < -0.3 is 8.43 Å². The molecule has 0 fully saturated rings. The van der Waals surface area contributed by atoms with Gasteiger partial charge in [-0.25, -0.2) is 9.97 Å². The van der Waals surface area contributed by atoms with Gasteiger partial charge in [0.1, 0.15) is 12.1 Å². The first-order valence-corrected chi connectivity index (χ1v) is 7.16. The van der Waals surface area contributed by atoms with Gasteiger partial charge in [-0.3, -0.25) is 0 Å². The van der Waals surface area contributed by atoms with Crippen LogP contribution in [0.1, 0.15) is 0 Å². The van der Waals surface area contributed by atoms with Crippen molar-refractivity contribution in [2.75, 3.05) is 22.5 Å². The molecular formula is C7H10I2N4. The van der Waals surface area contributed by atoms with Crippen LogP contribution >= 0.6 is 43.6 Å². The summed E-state index contributed by atoms with van der Waals surface area (Å²) in [6, 6.07) is 0. The lowest BCUT2D eigenvalue weighted by Crippen LogP contribution is -2.13. The number of hydrogen-bond donors (Lipinski definition) is 1. The molecule has 1 rings (SSSR count). The Morgan fingerprint density at radius 3 is 2.77 bits per heavy atom. The number of nitrogens with zero attached hydrogens (tertiary/aromatic N) is 3. The summed E-state index contributed by atoms with van der Waals surface area (Å²) in [7, 11) is 3.93. The third-order valence-corrected chi connectivity index (χ3v) is 3.24. The first kappa shape index (κ1) is 11.1. The van der Waals surface area contributed by atoms with Crippen molar-refractivity contribution in [2.45, 2.75) is 0 Å². The van der Waals surface area contributed by atoms with Crippen LogP contribution in [0.2, 0.25) is 0 Å². The Hall–Kier alpha value is 0.01000. The Balaban J connectivity index is 3.10. The van der Waals surface area contributed by atoms with Gasteiger partial charge in [-0.2, -0.15) is 0 Å². The molecule has 0 saturated heterocycles. The first-order chi connectivity index (χ1) is 6.16. The molecule has 0 amide bonds. The number of anilines is 2. The average molecular weight is 404 g/mol. The molecule has 6 heteroatoms. The predicted molar refractivity (Wildman–Crippen MR) is 73.8 cm³/mol. The first-order valence-electron chi connectivity index (χ1n) is 3.48. The van der Waals surface area contributed by atoms with E-state index in [4.69, 9.17) is 0 Å². The molecule has 0 saturated carbocycles. The molecule has 0 unspecified atom stereocenters. The molecule has 0 aromatic carbocycles. The molecule has 1 heterocycles. The van der Waals surface area contributed by atoms with E-state index < -0.39 is 0 Å².